The lowest BCUT2D eigenvalue weighted by atomic mass is 9.96. The number of rotatable bonds is 4. The molecule has 1 atom stereocenters. The lowest BCUT2D eigenvalue weighted by Gasteiger charge is -2.36. The largest absolute Gasteiger partial charge is 0.314 e. The average molecular weight is 232 g/mol. The summed E-state index contributed by atoms with van der Waals surface area (Å²) >= 11 is 0. The predicted octanol–water partition coefficient (Wildman–Crippen LogP) is 2.74. The van der Waals surface area contributed by atoms with Crippen LogP contribution in [-0.4, -0.2) is 31.1 Å². The second-order valence-corrected chi connectivity index (χ2v) is 4.95. The Bertz CT molecular complexity index is 343. The molecule has 94 valence electrons. The highest BCUT2D eigenvalue weighted by molar-refractivity contribution is 5.28. The average Bonchev–Trinajstić information content (AvgIpc) is 2.38. The van der Waals surface area contributed by atoms with E-state index in [9.17, 15) is 0 Å². The van der Waals surface area contributed by atoms with Crippen LogP contribution < -0.4 is 5.32 Å². The van der Waals surface area contributed by atoms with Gasteiger partial charge in [-0.2, -0.15) is 0 Å². The van der Waals surface area contributed by atoms with Crippen molar-refractivity contribution in [2.45, 2.75) is 32.7 Å². The lowest BCUT2D eigenvalue weighted by Crippen LogP contribution is -2.45. The maximum atomic E-state index is 3.44. The smallest absolute Gasteiger partial charge is 0.0351 e. The van der Waals surface area contributed by atoms with Gasteiger partial charge in [0.25, 0.3) is 0 Å². The molecule has 0 radical (unpaired) electrons. The highest BCUT2D eigenvalue weighted by Crippen LogP contribution is 2.28. The van der Waals surface area contributed by atoms with Crippen molar-refractivity contribution in [3.05, 3.63) is 35.4 Å². The number of aryl methyl sites for hydroxylation is 1. The van der Waals surface area contributed by atoms with E-state index in [-0.39, 0.29) is 0 Å². The van der Waals surface area contributed by atoms with Gasteiger partial charge >= 0.3 is 0 Å². The molecule has 1 saturated heterocycles. The van der Waals surface area contributed by atoms with E-state index in [1.54, 1.807) is 0 Å². The number of nitrogens with one attached hydrogen (secondary N) is 1. The molecule has 2 rings (SSSR count). The quantitative estimate of drug-likeness (QED) is 0.858. The minimum atomic E-state index is 0.614. The summed E-state index contributed by atoms with van der Waals surface area (Å²) in [5.41, 5.74) is 2.96. The monoisotopic (exact) mass is 232 g/mol. The fraction of sp³-hybridized carbons (Fsp3) is 0.600. The number of hydrogen-bond donors (Lipinski definition) is 1. The molecule has 1 N–H and O–H groups in total. The number of benzene rings is 1. The van der Waals surface area contributed by atoms with Crippen LogP contribution in [0, 0.1) is 6.92 Å². The molecule has 1 aromatic rings. The second-order valence-electron chi connectivity index (χ2n) is 4.95. The highest BCUT2D eigenvalue weighted by Gasteiger charge is 2.22. The van der Waals surface area contributed by atoms with Gasteiger partial charge in [0, 0.05) is 32.2 Å². The number of hydrogen-bond acceptors (Lipinski definition) is 2. The van der Waals surface area contributed by atoms with Crippen LogP contribution in [-0.2, 0) is 0 Å². The first-order valence-electron chi connectivity index (χ1n) is 6.83. The molecular weight excluding hydrogens is 208 g/mol. The van der Waals surface area contributed by atoms with Crippen molar-refractivity contribution in [1.82, 2.24) is 10.2 Å². The Morgan fingerprint density at radius 2 is 1.94 bits per heavy atom. The van der Waals surface area contributed by atoms with Crippen LogP contribution in [0.1, 0.15) is 36.9 Å². The van der Waals surface area contributed by atoms with Crippen molar-refractivity contribution in [2.75, 3.05) is 26.2 Å². The molecule has 0 aliphatic carbocycles. The molecule has 2 nitrogen and oxygen atoms in total. The molecule has 17 heavy (non-hydrogen) atoms. The highest BCUT2D eigenvalue weighted by atomic mass is 15.2. The summed E-state index contributed by atoms with van der Waals surface area (Å²) in [5, 5.41) is 3.44. The molecule has 1 aliphatic heterocycles. The first-order valence-corrected chi connectivity index (χ1v) is 6.83. The molecule has 0 unspecified atom stereocenters. The molecule has 0 spiro atoms. The normalized spacial score (nSPS) is 19.2. The van der Waals surface area contributed by atoms with Gasteiger partial charge in [0.05, 0.1) is 0 Å². The molecule has 1 fully saturated rings. The Morgan fingerprint density at radius 3 is 2.59 bits per heavy atom. The standard InChI is InChI=1S/C15H24N2/c1-3-6-15(17-11-9-16-10-12-17)14-8-5-4-7-13(14)2/h4-5,7-8,15-16H,3,6,9-12H2,1-2H3/t15-/m0/s1. The summed E-state index contributed by atoms with van der Waals surface area (Å²) < 4.78 is 0. The summed E-state index contributed by atoms with van der Waals surface area (Å²) in [6.07, 6.45) is 2.52. The van der Waals surface area contributed by atoms with Crippen LogP contribution in [0.2, 0.25) is 0 Å². The van der Waals surface area contributed by atoms with Crippen molar-refractivity contribution in [3.8, 4) is 0 Å². The molecule has 2 heteroatoms. The molecule has 0 bridgehead atoms. The zero-order valence-corrected chi connectivity index (χ0v) is 11.1. The van der Waals surface area contributed by atoms with Gasteiger partial charge in [-0.3, -0.25) is 4.90 Å². The zero-order valence-electron chi connectivity index (χ0n) is 11.1. The minimum Gasteiger partial charge on any atom is -0.314 e. The molecular formula is C15H24N2. The molecule has 1 aliphatic rings. The van der Waals surface area contributed by atoms with Crippen LogP contribution in [0.15, 0.2) is 24.3 Å². The fourth-order valence-corrected chi connectivity index (χ4v) is 2.76. The first kappa shape index (κ1) is 12.6. The van der Waals surface area contributed by atoms with Gasteiger partial charge in [-0.15, -0.1) is 0 Å². The summed E-state index contributed by atoms with van der Waals surface area (Å²) in [5.74, 6) is 0. The van der Waals surface area contributed by atoms with Crippen LogP contribution in [0.3, 0.4) is 0 Å². The maximum absolute atomic E-state index is 3.44. The van der Waals surface area contributed by atoms with Gasteiger partial charge in [0.15, 0.2) is 0 Å². The van der Waals surface area contributed by atoms with Crippen LogP contribution >= 0.6 is 0 Å². The molecule has 0 amide bonds. The third-order valence-corrected chi connectivity index (χ3v) is 3.70. The van der Waals surface area contributed by atoms with E-state index in [0.717, 1.165) is 13.1 Å². The lowest BCUT2D eigenvalue weighted by molar-refractivity contribution is 0.164. The minimum absolute atomic E-state index is 0.614. The summed E-state index contributed by atoms with van der Waals surface area (Å²) in [6, 6.07) is 9.47. The van der Waals surface area contributed by atoms with Crippen molar-refractivity contribution >= 4 is 0 Å². The summed E-state index contributed by atoms with van der Waals surface area (Å²) in [7, 11) is 0. The van der Waals surface area contributed by atoms with E-state index in [4.69, 9.17) is 0 Å². The van der Waals surface area contributed by atoms with Gasteiger partial charge in [0.2, 0.25) is 0 Å². The first-order chi connectivity index (χ1) is 8.33. The molecule has 0 saturated carbocycles. The number of nitrogens with zero attached hydrogens (tertiary/aromatic N) is 1. The van der Waals surface area contributed by atoms with Crippen LogP contribution in [0.25, 0.3) is 0 Å². The SMILES string of the molecule is CCC[C@@H](c1ccccc1C)N1CCNCC1. The number of piperazine rings is 1. The maximum Gasteiger partial charge on any atom is 0.0351 e. The van der Waals surface area contributed by atoms with E-state index in [1.165, 1.54) is 37.1 Å². The topological polar surface area (TPSA) is 15.3 Å². The Morgan fingerprint density at radius 1 is 1.24 bits per heavy atom. The van der Waals surface area contributed by atoms with Gasteiger partial charge in [-0.05, 0) is 24.5 Å². The van der Waals surface area contributed by atoms with Gasteiger partial charge in [-0.25, -0.2) is 0 Å². The molecule has 1 aromatic carbocycles. The third-order valence-electron chi connectivity index (χ3n) is 3.70. The molecule has 0 aromatic heterocycles. The Kier molecular flexibility index (Phi) is 4.57. The Hall–Kier alpha value is -0.860. The fourth-order valence-electron chi connectivity index (χ4n) is 2.76. The predicted molar refractivity (Wildman–Crippen MR) is 73.3 cm³/mol. The second kappa shape index (κ2) is 6.18. The van der Waals surface area contributed by atoms with Crippen LogP contribution in [0.4, 0.5) is 0 Å². The van der Waals surface area contributed by atoms with E-state index in [1.807, 2.05) is 0 Å². The summed E-state index contributed by atoms with van der Waals surface area (Å²) in [4.78, 5) is 2.64. The van der Waals surface area contributed by atoms with Crippen molar-refractivity contribution in [1.29, 1.82) is 0 Å². The van der Waals surface area contributed by atoms with Crippen molar-refractivity contribution in [3.63, 3.8) is 0 Å². The van der Waals surface area contributed by atoms with Gasteiger partial charge in [-0.1, -0.05) is 37.6 Å². The van der Waals surface area contributed by atoms with Gasteiger partial charge < -0.3 is 5.32 Å². The Balaban J connectivity index is 2.18. The van der Waals surface area contributed by atoms with E-state index in [2.05, 4.69) is 48.3 Å². The third kappa shape index (κ3) is 3.08. The Labute approximate surface area is 105 Å². The van der Waals surface area contributed by atoms with Crippen molar-refractivity contribution < 1.29 is 0 Å². The van der Waals surface area contributed by atoms with Crippen molar-refractivity contribution in [2.24, 2.45) is 0 Å². The van der Waals surface area contributed by atoms with E-state index >= 15 is 0 Å². The zero-order chi connectivity index (χ0) is 12.1. The van der Waals surface area contributed by atoms with E-state index in [0.29, 0.717) is 6.04 Å². The van der Waals surface area contributed by atoms with Crippen LogP contribution in [0.5, 0.6) is 0 Å². The summed E-state index contributed by atoms with van der Waals surface area (Å²) in [6.45, 7) is 9.14. The van der Waals surface area contributed by atoms with E-state index < -0.39 is 0 Å². The molecule has 1 heterocycles. The van der Waals surface area contributed by atoms with Gasteiger partial charge in [0.1, 0.15) is 0 Å².